The van der Waals surface area contributed by atoms with Crippen LogP contribution in [-0.2, 0) is 0 Å². The number of nitrogens with zero attached hydrogens (tertiary/aromatic N) is 2. The average Bonchev–Trinajstić information content (AvgIpc) is 2.36. The molecule has 0 aliphatic carbocycles. The molecule has 0 radical (unpaired) electrons. The lowest BCUT2D eigenvalue weighted by Crippen LogP contribution is -2.28. The molecule has 0 aliphatic heterocycles. The van der Waals surface area contributed by atoms with E-state index in [1.54, 1.807) is 18.2 Å². The smallest absolute Gasteiger partial charge is 0.143 e. The van der Waals surface area contributed by atoms with Crippen molar-refractivity contribution in [2.75, 3.05) is 32.0 Å². The number of nitriles is 1. The molecule has 0 fully saturated rings. The Bertz CT molecular complexity index is 394. The Morgan fingerprint density at radius 3 is 2.65 bits per heavy atom. The summed E-state index contributed by atoms with van der Waals surface area (Å²) in [5.41, 5.74) is 6.70. The van der Waals surface area contributed by atoms with Gasteiger partial charge in [0.05, 0.1) is 11.3 Å². The molecule has 92 valence electrons. The van der Waals surface area contributed by atoms with Crippen LogP contribution in [0.4, 0.5) is 5.69 Å². The summed E-state index contributed by atoms with van der Waals surface area (Å²) in [6.45, 7) is 7.70. The van der Waals surface area contributed by atoms with E-state index in [1.807, 2.05) is 6.07 Å². The zero-order valence-corrected chi connectivity index (χ0v) is 10.4. The number of nitrogens with two attached hydrogens (primary N) is 1. The highest BCUT2D eigenvalue weighted by molar-refractivity contribution is 5.62. The van der Waals surface area contributed by atoms with E-state index in [0.717, 1.165) is 19.6 Å². The number of benzene rings is 1. The van der Waals surface area contributed by atoms with Gasteiger partial charge in [-0.1, -0.05) is 19.9 Å². The van der Waals surface area contributed by atoms with Gasteiger partial charge in [0.15, 0.2) is 0 Å². The van der Waals surface area contributed by atoms with E-state index in [1.165, 1.54) is 0 Å². The molecule has 0 aromatic heterocycles. The second kappa shape index (κ2) is 6.77. The minimum absolute atomic E-state index is 0.426. The zero-order chi connectivity index (χ0) is 12.7. The third-order valence-corrected chi connectivity index (χ3v) is 2.75. The van der Waals surface area contributed by atoms with Crippen LogP contribution >= 0.6 is 0 Å². The summed E-state index contributed by atoms with van der Waals surface area (Å²) in [6.07, 6.45) is 0. The van der Waals surface area contributed by atoms with Gasteiger partial charge in [0.2, 0.25) is 0 Å². The van der Waals surface area contributed by atoms with Gasteiger partial charge in [0, 0.05) is 6.54 Å². The van der Waals surface area contributed by atoms with Gasteiger partial charge in [-0.3, -0.25) is 0 Å². The highest BCUT2D eigenvalue weighted by Crippen LogP contribution is 2.24. The molecule has 0 amide bonds. The number of anilines is 1. The lowest BCUT2D eigenvalue weighted by molar-refractivity contribution is 0.223. The van der Waals surface area contributed by atoms with Crippen LogP contribution in [0.1, 0.15) is 19.4 Å². The highest BCUT2D eigenvalue weighted by Gasteiger charge is 2.06. The maximum absolute atomic E-state index is 8.84. The van der Waals surface area contributed by atoms with E-state index in [2.05, 4.69) is 18.7 Å². The fourth-order valence-corrected chi connectivity index (χ4v) is 1.59. The molecule has 2 N–H and O–H groups in total. The van der Waals surface area contributed by atoms with Crippen molar-refractivity contribution < 1.29 is 4.74 Å². The minimum atomic E-state index is 0.426. The summed E-state index contributed by atoms with van der Waals surface area (Å²) in [5.74, 6) is 0.594. The van der Waals surface area contributed by atoms with Crippen molar-refractivity contribution in [3.05, 3.63) is 23.8 Å². The monoisotopic (exact) mass is 233 g/mol. The van der Waals surface area contributed by atoms with Crippen molar-refractivity contribution in [3.63, 3.8) is 0 Å². The SMILES string of the molecule is CCN(CC)CCOc1cccc(C#N)c1N. The van der Waals surface area contributed by atoms with Crippen LogP contribution in [0, 0.1) is 11.3 Å². The summed E-state index contributed by atoms with van der Waals surface area (Å²) >= 11 is 0. The van der Waals surface area contributed by atoms with Gasteiger partial charge in [0.25, 0.3) is 0 Å². The van der Waals surface area contributed by atoms with Gasteiger partial charge in [0.1, 0.15) is 18.4 Å². The molecule has 0 heterocycles. The quantitative estimate of drug-likeness (QED) is 0.762. The molecule has 0 unspecified atom stereocenters. The van der Waals surface area contributed by atoms with E-state index in [0.29, 0.717) is 23.6 Å². The third-order valence-electron chi connectivity index (χ3n) is 2.75. The minimum Gasteiger partial charge on any atom is -0.490 e. The number of ether oxygens (including phenoxy) is 1. The van der Waals surface area contributed by atoms with Crippen LogP contribution in [0.5, 0.6) is 5.75 Å². The molecular weight excluding hydrogens is 214 g/mol. The summed E-state index contributed by atoms with van der Waals surface area (Å²) in [5, 5.41) is 8.84. The Labute approximate surface area is 103 Å². The molecule has 0 saturated heterocycles. The molecular formula is C13H19N3O. The number of nitrogen functional groups attached to an aromatic ring is 1. The first kappa shape index (κ1) is 13.3. The van der Waals surface area contributed by atoms with Crippen molar-refractivity contribution in [2.45, 2.75) is 13.8 Å². The third kappa shape index (κ3) is 3.65. The summed E-state index contributed by atoms with van der Waals surface area (Å²) in [7, 11) is 0. The molecule has 17 heavy (non-hydrogen) atoms. The van der Waals surface area contributed by atoms with Crippen LogP contribution in [0.25, 0.3) is 0 Å². The molecule has 4 heteroatoms. The van der Waals surface area contributed by atoms with E-state index in [9.17, 15) is 0 Å². The van der Waals surface area contributed by atoms with Crippen molar-refractivity contribution in [1.82, 2.24) is 4.90 Å². The first-order chi connectivity index (χ1) is 8.22. The van der Waals surface area contributed by atoms with Gasteiger partial charge in [-0.25, -0.2) is 0 Å². The van der Waals surface area contributed by atoms with Crippen LogP contribution in [0.3, 0.4) is 0 Å². The van der Waals surface area contributed by atoms with Crippen molar-refractivity contribution >= 4 is 5.69 Å². The Hall–Kier alpha value is -1.73. The topological polar surface area (TPSA) is 62.3 Å². The van der Waals surface area contributed by atoms with Crippen molar-refractivity contribution in [1.29, 1.82) is 5.26 Å². The van der Waals surface area contributed by atoms with Gasteiger partial charge >= 0.3 is 0 Å². The summed E-state index contributed by atoms with van der Waals surface area (Å²) < 4.78 is 5.60. The van der Waals surface area contributed by atoms with Gasteiger partial charge in [-0.2, -0.15) is 5.26 Å². The average molecular weight is 233 g/mol. The molecule has 1 aromatic rings. The molecule has 0 saturated carbocycles. The number of para-hydroxylation sites is 1. The van der Waals surface area contributed by atoms with E-state index >= 15 is 0 Å². The van der Waals surface area contributed by atoms with Gasteiger partial charge in [-0.05, 0) is 25.2 Å². The number of hydrogen-bond donors (Lipinski definition) is 1. The molecule has 0 atom stereocenters. The summed E-state index contributed by atoms with van der Waals surface area (Å²) in [4.78, 5) is 2.27. The maximum atomic E-state index is 8.84. The predicted molar refractivity (Wildman–Crippen MR) is 68.9 cm³/mol. The van der Waals surface area contributed by atoms with Crippen molar-refractivity contribution in [3.8, 4) is 11.8 Å². The van der Waals surface area contributed by atoms with Crippen LogP contribution in [0.15, 0.2) is 18.2 Å². The van der Waals surface area contributed by atoms with E-state index < -0.39 is 0 Å². The molecule has 0 bridgehead atoms. The number of hydrogen-bond acceptors (Lipinski definition) is 4. The van der Waals surface area contributed by atoms with Crippen LogP contribution in [-0.4, -0.2) is 31.1 Å². The van der Waals surface area contributed by atoms with Gasteiger partial charge in [-0.15, -0.1) is 0 Å². The molecule has 4 nitrogen and oxygen atoms in total. The maximum Gasteiger partial charge on any atom is 0.143 e. The Morgan fingerprint density at radius 2 is 2.06 bits per heavy atom. The molecule has 1 aromatic carbocycles. The van der Waals surface area contributed by atoms with Crippen LogP contribution < -0.4 is 10.5 Å². The Morgan fingerprint density at radius 1 is 1.35 bits per heavy atom. The summed E-state index contributed by atoms with van der Waals surface area (Å²) in [6, 6.07) is 7.30. The fraction of sp³-hybridized carbons (Fsp3) is 0.462. The Kier molecular flexibility index (Phi) is 5.31. The number of rotatable bonds is 6. The van der Waals surface area contributed by atoms with E-state index in [-0.39, 0.29) is 0 Å². The first-order valence-corrected chi connectivity index (χ1v) is 5.86. The number of likely N-dealkylation sites (N-methyl/N-ethyl adjacent to an activating group) is 1. The first-order valence-electron chi connectivity index (χ1n) is 5.86. The lowest BCUT2D eigenvalue weighted by atomic mass is 10.2. The zero-order valence-electron chi connectivity index (χ0n) is 10.4. The molecule has 0 aliphatic rings. The van der Waals surface area contributed by atoms with Gasteiger partial charge < -0.3 is 15.4 Å². The second-order valence-electron chi connectivity index (χ2n) is 3.70. The lowest BCUT2D eigenvalue weighted by Gasteiger charge is -2.18. The molecule has 1 rings (SSSR count). The Balaban J connectivity index is 2.55. The standard InChI is InChI=1S/C13H19N3O/c1-3-16(4-2)8-9-17-12-7-5-6-11(10-14)13(12)15/h5-7H,3-4,8-9,15H2,1-2H3. The molecule has 0 spiro atoms. The highest BCUT2D eigenvalue weighted by atomic mass is 16.5. The van der Waals surface area contributed by atoms with E-state index in [4.69, 9.17) is 15.7 Å². The largest absolute Gasteiger partial charge is 0.490 e. The van der Waals surface area contributed by atoms with Crippen LogP contribution in [0.2, 0.25) is 0 Å². The second-order valence-corrected chi connectivity index (χ2v) is 3.70. The predicted octanol–water partition coefficient (Wildman–Crippen LogP) is 1.86. The van der Waals surface area contributed by atoms with Crippen molar-refractivity contribution in [2.24, 2.45) is 0 Å². The fourth-order valence-electron chi connectivity index (χ4n) is 1.59. The normalized spacial score (nSPS) is 10.2.